The highest BCUT2D eigenvalue weighted by molar-refractivity contribution is 6.04. The van der Waals surface area contributed by atoms with Crippen LogP contribution in [0.4, 0.5) is 5.69 Å². The fourth-order valence-electron chi connectivity index (χ4n) is 4.36. The summed E-state index contributed by atoms with van der Waals surface area (Å²) in [7, 11) is 3.17. The van der Waals surface area contributed by atoms with Crippen molar-refractivity contribution in [3.8, 4) is 23.0 Å². The summed E-state index contributed by atoms with van der Waals surface area (Å²) in [5, 5.41) is 0. The SMILES string of the molecule is COc1cc(OC)cc(C(=O)N2CCCN(C3=Nc4ccccc4Oc4ccccc43)CC2)c1. The van der Waals surface area contributed by atoms with Gasteiger partial charge in [0.15, 0.2) is 5.75 Å². The number of methoxy groups -OCH3 is 2. The number of carbonyl (C=O) groups excluding carboxylic acids is 1. The molecule has 7 nitrogen and oxygen atoms in total. The normalized spacial score (nSPS) is 15.2. The van der Waals surface area contributed by atoms with Crippen LogP contribution >= 0.6 is 0 Å². The number of hydrogen-bond acceptors (Lipinski definition) is 6. The van der Waals surface area contributed by atoms with Crippen molar-refractivity contribution in [2.75, 3.05) is 40.4 Å². The molecule has 2 aliphatic heterocycles. The van der Waals surface area contributed by atoms with E-state index in [2.05, 4.69) is 4.90 Å². The van der Waals surface area contributed by atoms with Gasteiger partial charge in [-0.25, -0.2) is 4.99 Å². The van der Waals surface area contributed by atoms with Crippen LogP contribution in [0.2, 0.25) is 0 Å². The highest BCUT2D eigenvalue weighted by Gasteiger charge is 2.26. The first-order chi connectivity index (χ1) is 16.7. The van der Waals surface area contributed by atoms with Crippen molar-refractivity contribution in [2.45, 2.75) is 6.42 Å². The highest BCUT2D eigenvalue weighted by Crippen LogP contribution is 2.38. The summed E-state index contributed by atoms with van der Waals surface area (Å²) in [6, 6.07) is 21.1. The fourth-order valence-corrected chi connectivity index (χ4v) is 4.36. The summed E-state index contributed by atoms with van der Waals surface area (Å²) in [6.07, 6.45) is 0.830. The van der Waals surface area contributed by atoms with Crippen LogP contribution in [0.15, 0.2) is 71.7 Å². The monoisotopic (exact) mass is 457 g/mol. The Kier molecular flexibility index (Phi) is 6.08. The van der Waals surface area contributed by atoms with Crippen LogP contribution in [0.1, 0.15) is 22.3 Å². The zero-order valence-electron chi connectivity index (χ0n) is 19.4. The molecule has 0 aliphatic carbocycles. The van der Waals surface area contributed by atoms with Crippen LogP contribution in [-0.4, -0.2) is 61.9 Å². The van der Waals surface area contributed by atoms with Crippen molar-refractivity contribution in [3.05, 3.63) is 77.9 Å². The average molecular weight is 458 g/mol. The van der Waals surface area contributed by atoms with Gasteiger partial charge in [-0.3, -0.25) is 4.79 Å². The average Bonchev–Trinajstić information content (AvgIpc) is 3.22. The number of fused-ring (bicyclic) bond motifs is 2. The number of benzene rings is 3. The molecule has 7 heteroatoms. The van der Waals surface area contributed by atoms with Crippen LogP contribution in [-0.2, 0) is 0 Å². The van der Waals surface area contributed by atoms with E-state index in [4.69, 9.17) is 19.2 Å². The van der Waals surface area contributed by atoms with Gasteiger partial charge in [0.1, 0.15) is 28.8 Å². The van der Waals surface area contributed by atoms with Crippen molar-refractivity contribution >= 4 is 17.4 Å². The zero-order valence-corrected chi connectivity index (χ0v) is 19.4. The maximum absolute atomic E-state index is 13.3. The second-order valence-corrected chi connectivity index (χ2v) is 8.24. The molecule has 0 radical (unpaired) electrons. The lowest BCUT2D eigenvalue weighted by Gasteiger charge is -2.25. The van der Waals surface area contributed by atoms with Gasteiger partial charge in [0.2, 0.25) is 0 Å². The summed E-state index contributed by atoms with van der Waals surface area (Å²) in [4.78, 5) is 22.5. The first-order valence-corrected chi connectivity index (χ1v) is 11.4. The first kappa shape index (κ1) is 21.8. The predicted octanol–water partition coefficient (Wildman–Crippen LogP) is 4.74. The molecule has 0 atom stereocenters. The van der Waals surface area contributed by atoms with E-state index in [9.17, 15) is 4.79 Å². The topological polar surface area (TPSA) is 63.6 Å². The molecule has 0 spiro atoms. The first-order valence-electron chi connectivity index (χ1n) is 11.4. The van der Waals surface area contributed by atoms with Crippen molar-refractivity contribution in [3.63, 3.8) is 0 Å². The number of hydrogen-bond donors (Lipinski definition) is 0. The molecule has 0 bridgehead atoms. The van der Waals surface area contributed by atoms with Gasteiger partial charge in [-0.1, -0.05) is 24.3 Å². The third-order valence-electron chi connectivity index (χ3n) is 6.12. The van der Waals surface area contributed by atoms with E-state index in [-0.39, 0.29) is 5.91 Å². The van der Waals surface area contributed by atoms with Gasteiger partial charge in [0.25, 0.3) is 5.91 Å². The van der Waals surface area contributed by atoms with Gasteiger partial charge < -0.3 is 24.0 Å². The van der Waals surface area contributed by atoms with Gasteiger partial charge in [-0.15, -0.1) is 0 Å². The van der Waals surface area contributed by atoms with Crippen molar-refractivity contribution < 1.29 is 19.0 Å². The largest absolute Gasteiger partial charge is 0.497 e. The lowest BCUT2D eigenvalue weighted by molar-refractivity contribution is 0.0763. The van der Waals surface area contributed by atoms with Gasteiger partial charge in [-0.05, 0) is 42.8 Å². The maximum Gasteiger partial charge on any atom is 0.254 e. The smallest absolute Gasteiger partial charge is 0.254 e. The van der Waals surface area contributed by atoms with Gasteiger partial charge in [0.05, 0.1) is 19.8 Å². The molecular formula is C27H27N3O4. The predicted molar refractivity (Wildman–Crippen MR) is 131 cm³/mol. The molecule has 3 aromatic rings. The minimum Gasteiger partial charge on any atom is -0.497 e. The molecule has 174 valence electrons. The molecule has 1 amide bonds. The lowest BCUT2D eigenvalue weighted by atomic mass is 10.1. The van der Waals surface area contributed by atoms with E-state index >= 15 is 0 Å². The fraction of sp³-hybridized carbons (Fsp3) is 0.259. The second kappa shape index (κ2) is 9.47. The minimum atomic E-state index is -0.0315. The molecular weight excluding hydrogens is 430 g/mol. The van der Waals surface area contributed by atoms with E-state index in [1.807, 2.05) is 53.4 Å². The molecule has 1 saturated heterocycles. The van der Waals surface area contributed by atoms with Crippen molar-refractivity contribution in [1.29, 1.82) is 0 Å². The molecule has 2 aliphatic rings. The molecule has 2 heterocycles. The molecule has 3 aromatic carbocycles. The minimum absolute atomic E-state index is 0.0315. The number of para-hydroxylation sites is 3. The van der Waals surface area contributed by atoms with E-state index in [1.165, 1.54) is 0 Å². The van der Waals surface area contributed by atoms with Gasteiger partial charge >= 0.3 is 0 Å². The molecule has 34 heavy (non-hydrogen) atoms. The Hall–Kier alpha value is -4.00. The van der Waals surface area contributed by atoms with Crippen LogP contribution in [0.5, 0.6) is 23.0 Å². The number of ether oxygens (including phenoxy) is 3. The van der Waals surface area contributed by atoms with Crippen molar-refractivity contribution in [1.82, 2.24) is 9.80 Å². The number of amidine groups is 1. The maximum atomic E-state index is 13.3. The van der Waals surface area contributed by atoms with Crippen LogP contribution in [0, 0.1) is 0 Å². The quantitative estimate of drug-likeness (QED) is 0.569. The Labute approximate surface area is 199 Å². The Morgan fingerprint density at radius 1 is 0.853 bits per heavy atom. The van der Waals surface area contributed by atoms with Crippen LogP contribution in [0.25, 0.3) is 0 Å². The number of carbonyl (C=O) groups is 1. The van der Waals surface area contributed by atoms with E-state index in [0.29, 0.717) is 36.7 Å². The Balaban J connectivity index is 1.41. The molecule has 0 saturated carbocycles. The molecule has 0 unspecified atom stereocenters. The number of amides is 1. The Morgan fingerprint density at radius 3 is 2.32 bits per heavy atom. The molecule has 5 rings (SSSR count). The summed E-state index contributed by atoms with van der Waals surface area (Å²) in [5.74, 6) is 3.56. The summed E-state index contributed by atoms with van der Waals surface area (Å²) in [6.45, 7) is 2.71. The van der Waals surface area contributed by atoms with E-state index in [1.54, 1.807) is 32.4 Å². The number of nitrogens with zero attached hydrogens (tertiary/aromatic N) is 3. The highest BCUT2D eigenvalue weighted by atomic mass is 16.5. The molecule has 0 N–H and O–H groups in total. The summed E-state index contributed by atoms with van der Waals surface area (Å²) >= 11 is 0. The summed E-state index contributed by atoms with van der Waals surface area (Å²) < 4.78 is 16.9. The third kappa shape index (κ3) is 4.29. The Morgan fingerprint density at radius 2 is 1.56 bits per heavy atom. The Bertz CT molecular complexity index is 1220. The van der Waals surface area contributed by atoms with Gasteiger partial charge in [-0.2, -0.15) is 0 Å². The van der Waals surface area contributed by atoms with E-state index < -0.39 is 0 Å². The molecule has 1 fully saturated rings. The lowest BCUT2D eigenvalue weighted by Crippen LogP contribution is -2.37. The number of aliphatic imine (C=N–C) groups is 1. The van der Waals surface area contributed by atoms with E-state index in [0.717, 1.165) is 41.6 Å². The van der Waals surface area contributed by atoms with Crippen LogP contribution in [0.3, 0.4) is 0 Å². The molecule has 0 aromatic heterocycles. The standard InChI is InChI=1S/C27H27N3O4/c1-32-20-16-19(17-21(18-20)33-2)27(31)30-13-7-12-29(14-15-30)26-22-8-3-5-10-24(22)34-25-11-6-4-9-23(25)28-26/h3-6,8-11,16-18H,7,12-15H2,1-2H3. The third-order valence-corrected chi connectivity index (χ3v) is 6.12. The van der Waals surface area contributed by atoms with Crippen molar-refractivity contribution in [2.24, 2.45) is 4.99 Å². The number of rotatable bonds is 3. The zero-order chi connectivity index (χ0) is 23.5. The van der Waals surface area contributed by atoms with Crippen LogP contribution < -0.4 is 14.2 Å². The summed E-state index contributed by atoms with van der Waals surface area (Å²) in [5.41, 5.74) is 2.31. The second-order valence-electron chi connectivity index (χ2n) is 8.24. The van der Waals surface area contributed by atoms with Gasteiger partial charge in [0, 0.05) is 37.8 Å².